The highest BCUT2D eigenvalue weighted by Gasteiger charge is 2.04. The second-order valence-corrected chi connectivity index (χ2v) is 3.74. The van der Waals surface area contributed by atoms with Crippen LogP contribution in [0.15, 0.2) is 42.5 Å². The third kappa shape index (κ3) is 2.45. The largest absolute Gasteiger partial charge is 0.497 e. The molecule has 0 fully saturated rings. The van der Waals surface area contributed by atoms with Gasteiger partial charge in [-0.05, 0) is 35.4 Å². The van der Waals surface area contributed by atoms with Gasteiger partial charge < -0.3 is 10.5 Å². The molecule has 2 nitrogen and oxygen atoms in total. The standard InChI is InChI=1S/C14H14FNO/c1-17-13-4-2-3-10(8-13)11-5-6-14(15)12(7-11)9-16/h2-8H,9,16H2,1H3. The summed E-state index contributed by atoms with van der Waals surface area (Å²) in [5.41, 5.74) is 7.93. The number of hydrogen-bond donors (Lipinski definition) is 1. The summed E-state index contributed by atoms with van der Waals surface area (Å²) in [7, 11) is 1.62. The van der Waals surface area contributed by atoms with Crippen molar-refractivity contribution in [3.8, 4) is 16.9 Å². The summed E-state index contributed by atoms with van der Waals surface area (Å²) in [6, 6.07) is 12.6. The molecule has 0 bridgehead atoms. The Morgan fingerprint density at radius 1 is 1.12 bits per heavy atom. The fraction of sp³-hybridized carbons (Fsp3) is 0.143. The molecule has 2 aromatic carbocycles. The van der Waals surface area contributed by atoms with Gasteiger partial charge in [0.05, 0.1) is 7.11 Å². The monoisotopic (exact) mass is 231 g/mol. The van der Waals surface area contributed by atoms with E-state index in [0.717, 1.165) is 16.9 Å². The molecule has 0 aliphatic heterocycles. The first-order valence-corrected chi connectivity index (χ1v) is 5.37. The van der Waals surface area contributed by atoms with Crippen LogP contribution < -0.4 is 10.5 Å². The number of halogens is 1. The van der Waals surface area contributed by atoms with E-state index in [4.69, 9.17) is 10.5 Å². The van der Waals surface area contributed by atoms with Crippen LogP contribution >= 0.6 is 0 Å². The van der Waals surface area contributed by atoms with E-state index in [1.807, 2.05) is 24.3 Å². The quantitative estimate of drug-likeness (QED) is 0.881. The molecular formula is C14H14FNO. The average Bonchev–Trinajstić information content (AvgIpc) is 2.39. The Balaban J connectivity index is 2.45. The zero-order valence-corrected chi connectivity index (χ0v) is 9.61. The molecule has 2 rings (SSSR count). The van der Waals surface area contributed by atoms with E-state index < -0.39 is 0 Å². The van der Waals surface area contributed by atoms with Crippen LogP contribution in [0.3, 0.4) is 0 Å². The molecule has 0 amide bonds. The predicted octanol–water partition coefficient (Wildman–Crippen LogP) is 2.96. The van der Waals surface area contributed by atoms with Crippen molar-refractivity contribution in [3.05, 3.63) is 53.8 Å². The highest BCUT2D eigenvalue weighted by Crippen LogP contribution is 2.25. The van der Waals surface area contributed by atoms with Gasteiger partial charge in [-0.2, -0.15) is 0 Å². The van der Waals surface area contributed by atoms with Crippen molar-refractivity contribution < 1.29 is 9.13 Å². The Labute approximate surface area is 99.8 Å². The minimum Gasteiger partial charge on any atom is -0.497 e. The van der Waals surface area contributed by atoms with E-state index in [1.54, 1.807) is 19.2 Å². The van der Waals surface area contributed by atoms with Crippen molar-refractivity contribution in [2.45, 2.75) is 6.54 Å². The molecule has 2 N–H and O–H groups in total. The SMILES string of the molecule is COc1cccc(-c2ccc(F)c(CN)c2)c1. The van der Waals surface area contributed by atoms with Gasteiger partial charge in [-0.1, -0.05) is 18.2 Å². The Hall–Kier alpha value is -1.87. The number of benzene rings is 2. The lowest BCUT2D eigenvalue weighted by Crippen LogP contribution is -1.99. The zero-order chi connectivity index (χ0) is 12.3. The Morgan fingerprint density at radius 2 is 1.88 bits per heavy atom. The van der Waals surface area contributed by atoms with Gasteiger partial charge in [0.1, 0.15) is 11.6 Å². The first-order chi connectivity index (χ1) is 8.24. The smallest absolute Gasteiger partial charge is 0.127 e. The molecule has 0 saturated heterocycles. The molecule has 0 saturated carbocycles. The molecule has 0 aliphatic carbocycles. The molecule has 0 aliphatic rings. The summed E-state index contributed by atoms with van der Waals surface area (Å²) in [5, 5.41) is 0. The van der Waals surface area contributed by atoms with Crippen LogP contribution in [0.5, 0.6) is 5.75 Å². The van der Waals surface area contributed by atoms with Gasteiger partial charge in [-0.25, -0.2) is 4.39 Å². The molecular weight excluding hydrogens is 217 g/mol. The van der Waals surface area contributed by atoms with Crippen LogP contribution in [0.1, 0.15) is 5.56 Å². The highest BCUT2D eigenvalue weighted by atomic mass is 19.1. The second kappa shape index (κ2) is 4.97. The Kier molecular flexibility index (Phi) is 3.40. The Bertz CT molecular complexity index is 525. The fourth-order valence-corrected chi connectivity index (χ4v) is 1.71. The van der Waals surface area contributed by atoms with Crippen molar-refractivity contribution in [1.82, 2.24) is 0 Å². The molecule has 88 valence electrons. The molecule has 17 heavy (non-hydrogen) atoms. The molecule has 0 unspecified atom stereocenters. The number of rotatable bonds is 3. The lowest BCUT2D eigenvalue weighted by Gasteiger charge is -2.07. The van der Waals surface area contributed by atoms with E-state index in [0.29, 0.717) is 5.56 Å². The van der Waals surface area contributed by atoms with Crippen LogP contribution in [0.25, 0.3) is 11.1 Å². The van der Waals surface area contributed by atoms with Crippen LogP contribution in [0.2, 0.25) is 0 Å². The molecule has 3 heteroatoms. The van der Waals surface area contributed by atoms with Crippen LogP contribution in [0.4, 0.5) is 4.39 Å². The van der Waals surface area contributed by atoms with Gasteiger partial charge in [0.15, 0.2) is 0 Å². The van der Waals surface area contributed by atoms with Gasteiger partial charge in [0.25, 0.3) is 0 Å². The molecule has 0 aromatic heterocycles. The number of hydrogen-bond acceptors (Lipinski definition) is 2. The first kappa shape index (κ1) is 11.6. The van der Waals surface area contributed by atoms with Crippen LogP contribution in [0, 0.1) is 5.82 Å². The van der Waals surface area contributed by atoms with Crippen molar-refractivity contribution in [1.29, 1.82) is 0 Å². The molecule has 0 heterocycles. The van der Waals surface area contributed by atoms with Gasteiger partial charge in [0, 0.05) is 12.1 Å². The van der Waals surface area contributed by atoms with Crippen molar-refractivity contribution in [3.63, 3.8) is 0 Å². The van der Waals surface area contributed by atoms with Crippen molar-refractivity contribution in [2.75, 3.05) is 7.11 Å². The van der Waals surface area contributed by atoms with E-state index in [9.17, 15) is 4.39 Å². The zero-order valence-electron chi connectivity index (χ0n) is 9.61. The van der Waals surface area contributed by atoms with Gasteiger partial charge in [0.2, 0.25) is 0 Å². The van der Waals surface area contributed by atoms with Gasteiger partial charge in [-0.3, -0.25) is 0 Å². The summed E-state index contributed by atoms with van der Waals surface area (Å²) in [6.45, 7) is 0.198. The minimum atomic E-state index is -0.265. The van der Waals surface area contributed by atoms with Gasteiger partial charge in [-0.15, -0.1) is 0 Å². The first-order valence-electron chi connectivity index (χ1n) is 5.37. The lowest BCUT2D eigenvalue weighted by atomic mass is 10.0. The highest BCUT2D eigenvalue weighted by molar-refractivity contribution is 5.65. The minimum absolute atomic E-state index is 0.198. The summed E-state index contributed by atoms with van der Waals surface area (Å²) >= 11 is 0. The maximum Gasteiger partial charge on any atom is 0.127 e. The van der Waals surface area contributed by atoms with E-state index in [-0.39, 0.29) is 12.4 Å². The topological polar surface area (TPSA) is 35.2 Å². The number of nitrogens with two attached hydrogens (primary N) is 1. The molecule has 0 radical (unpaired) electrons. The van der Waals surface area contributed by atoms with Crippen molar-refractivity contribution in [2.24, 2.45) is 5.73 Å². The predicted molar refractivity (Wildman–Crippen MR) is 66.3 cm³/mol. The number of methoxy groups -OCH3 is 1. The van der Waals surface area contributed by atoms with Crippen molar-refractivity contribution >= 4 is 0 Å². The third-order valence-electron chi connectivity index (χ3n) is 2.67. The summed E-state index contributed by atoms with van der Waals surface area (Å²) in [5.74, 6) is 0.514. The maximum atomic E-state index is 13.3. The lowest BCUT2D eigenvalue weighted by molar-refractivity contribution is 0.415. The van der Waals surface area contributed by atoms with Crippen LogP contribution in [-0.2, 0) is 6.54 Å². The van der Waals surface area contributed by atoms with E-state index in [1.165, 1.54) is 6.07 Å². The normalized spacial score (nSPS) is 10.3. The molecule has 0 spiro atoms. The summed E-state index contributed by atoms with van der Waals surface area (Å²) in [4.78, 5) is 0. The number of ether oxygens (including phenoxy) is 1. The third-order valence-corrected chi connectivity index (χ3v) is 2.67. The summed E-state index contributed by atoms with van der Waals surface area (Å²) < 4.78 is 18.5. The van der Waals surface area contributed by atoms with Gasteiger partial charge >= 0.3 is 0 Å². The average molecular weight is 231 g/mol. The molecule has 0 atom stereocenters. The molecule has 2 aromatic rings. The Morgan fingerprint density at radius 3 is 2.59 bits per heavy atom. The fourth-order valence-electron chi connectivity index (χ4n) is 1.71. The van der Waals surface area contributed by atoms with Crippen LogP contribution in [-0.4, -0.2) is 7.11 Å². The second-order valence-electron chi connectivity index (χ2n) is 3.74. The van der Waals surface area contributed by atoms with E-state index in [2.05, 4.69) is 0 Å². The summed E-state index contributed by atoms with van der Waals surface area (Å²) in [6.07, 6.45) is 0. The maximum absolute atomic E-state index is 13.3. The van der Waals surface area contributed by atoms with E-state index >= 15 is 0 Å².